The number of hydrogen-bond acceptors (Lipinski definition) is 2. The summed E-state index contributed by atoms with van der Waals surface area (Å²) in [4.78, 5) is 11.7. The van der Waals surface area contributed by atoms with Crippen molar-refractivity contribution < 1.29 is 13.6 Å². The van der Waals surface area contributed by atoms with Crippen LogP contribution in [0.3, 0.4) is 0 Å². The number of carbonyl (C=O) groups is 1. The molecule has 1 aliphatic rings. The molecule has 0 spiro atoms. The number of halogens is 3. The zero-order valence-electron chi connectivity index (χ0n) is 9.55. The number of hydrogen-bond donors (Lipinski definition) is 2. The zero-order chi connectivity index (χ0) is 13.1. The SMILES string of the molecule is O=C(NCc1cc(F)ccc1Br)[C@H]1C[C@H](F)CN1. The minimum atomic E-state index is -0.971. The van der Waals surface area contributed by atoms with Gasteiger partial charge in [-0.25, -0.2) is 8.78 Å². The summed E-state index contributed by atoms with van der Waals surface area (Å²) in [5, 5.41) is 5.46. The van der Waals surface area contributed by atoms with Crippen molar-refractivity contribution in [3.8, 4) is 0 Å². The fourth-order valence-corrected chi connectivity index (χ4v) is 2.26. The largest absolute Gasteiger partial charge is 0.351 e. The molecule has 18 heavy (non-hydrogen) atoms. The number of alkyl halides is 1. The molecule has 0 unspecified atom stereocenters. The van der Waals surface area contributed by atoms with Gasteiger partial charge in [-0.3, -0.25) is 4.79 Å². The molecule has 6 heteroatoms. The molecule has 2 N–H and O–H groups in total. The summed E-state index contributed by atoms with van der Waals surface area (Å²) in [6, 6.07) is 3.78. The summed E-state index contributed by atoms with van der Waals surface area (Å²) >= 11 is 3.28. The van der Waals surface area contributed by atoms with Gasteiger partial charge in [-0.05, 0) is 23.8 Å². The highest BCUT2D eigenvalue weighted by Gasteiger charge is 2.28. The van der Waals surface area contributed by atoms with Crippen LogP contribution in [0, 0.1) is 5.82 Å². The normalized spacial score (nSPS) is 23.1. The van der Waals surface area contributed by atoms with Crippen LogP contribution in [-0.2, 0) is 11.3 Å². The van der Waals surface area contributed by atoms with E-state index < -0.39 is 12.2 Å². The maximum absolute atomic E-state index is 13.0. The van der Waals surface area contributed by atoms with E-state index in [-0.39, 0.29) is 31.2 Å². The molecular formula is C12H13BrF2N2O. The van der Waals surface area contributed by atoms with E-state index in [9.17, 15) is 13.6 Å². The van der Waals surface area contributed by atoms with E-state index in [1.165, 1.54) is 12.1 Å². The van der Waals surface area contributed by atoms with Gasteiger partial charge < -0.3 is 10.6 Å². The first-order valence-electron chi connectivity index (χ1n) is 5.65. The van der Waals surface area contributed by atoms with Gasteiger partial charge in [-0.15, -0.1) is 0 Å². The Morgan fingerprint density at radius 1 is 1.56 bits per heavy atom. The van der Waals surface area contributed by atoms with Crippen LogP contribution >= 0.6 is 15.9 Å². The first kappa shape index (κ1) is 13.4. The smallest absolute Gasteiger partial charge is 0.237 e. The Hall–Kier alpha value is -1.01. The van der Waals surface area contributed by atoms with Crippen LogP contribution < -0.4 is 10.6 Å². The fourth-order valence-electron chi connectivity index (χ4n) is 1.88. The first-order valence-corrected chi connectivity index (χ1v) is 6.44. The zero-order valence-corrected chi connectivity index (χ0v) is 11.1. The third-order valence-corrected chi connectivity index (χ3v) is 3.63. The Kier molecular flexibility index (Phi) is 4.29. The van der Waals surface area contributed by atoms with Crippen LogP contribution in [0.2, 0.25) is 0 Å². The van der Waals surface area contributed by atoms with Crippen molar-refractivity contribution in [2.24, 2.45) is 0 Å². The summed E-state index contributed by atoms with van der Waals surface area (Å²) < 4.78 is 26.7. The number of carbonyl (C=O) groups excluding carboxylic acids is 1. The third-order valence-electron chi connectivity index (χ3n) is 2.85. The molecule has 1 saturated heterocycles. The van der Waals surface area contributed by atoms with Crippen molar-refractivity contribution >= 4 is 21.8 Å². The fraction of sp³-hybridized carbons (Fsp3) is 0.417. The highest BCUT2D eigenvalue weighted by atomic mass is 79.9. The molecule has 0 radical (unpaired) electrons. The number of rotatable bonds is 3. The molecule has 1 fully saturated rings. The Balaban J connectivity index is 1.91. The molecule has 1 heterocycles. The quantitative estimate of drug-likeness (QED) is 0.893. The monoisotopic (exact) mass is 318 g/mol. The van der Waals surface area contributed by atoms with Gasteiger partial charge in [0.05, 0.1) is 6.04 Å². The van der Waals surface area contributed by atoms with E-state index >= 15 is 0 Å². The molecule has 0 saturated carbocycles. The molecule has 2 atom stereocenters. The van der Waals surface area contributed by atoms with Crippen LogP contribution in [0.15, 0.2) is 22.7 Å². The van der Waals surface area contributed by atoms with E-state index in [2.05, 4.69) is 26.6 Å². The lowest BCUT2D eigenvalue weighted by Gasteiger charge is -2.11. The van der Waals surface area contributed by atoms with Gasteiger partial charge in [0.15, 0.2) is 0 Å². The van der Waals surface area contributed by atoms with Gasteiger partial charge in [0.25, 0.3) is 0 Å². The van der Waals surface area contributed by atoms with Gasteiger partial charge >= 0.3 is 0 Å². The first-order chi connectivity index (χ1) is 8.56. The maximum atomic E-state index is 13.0. The molecule has 1 aromatic carbocycles. The molecule has 2 rings (SSSR count). The topological polar surface area (TPSA) is 41.1 Å². The molecule has 0 bridgehead atoms. The summed E-state index contributed by atoms with van der Waals surface area (Å²) in [5.74, 6) is -0.614. The summed E-state index contributed by atoms with van der Waals surface area (Å²) in [6.45, 7) is 0.425. The lowest BCUT2D eigenvalue weighted by atomic mass is 10.2. The summed E-state index contributed by atoms with van der Waals surface area (Å²) in [7, 11) is 0. The van der Waals surface area contributed by atoms with Crippen LogP contribution in [-0.4, -0.2) is 24.7 Å². The van der Waals surface area contributed by atoms with Gasteiger partial charge in [0, 0.05) is 24.0 Å². The average molecular weight is 319 g/mol. The molecule has 0 aliphatic carbocycles. The molecule has 0 aromatic heterocycles. The minimum absolute atomic E-state index is 0.191. The second kappa shape index (κ2) is 5.75. The molecule has 1 amide bonds. The minimum Gasteiger partial charge on any atom is -0.351 e. The van der Waals surface area contributed by atoms with Crippen molar-refractivity contribution in [1.29, 1.82) is 0 Å². The Labute approximate surface area is 112 Å². The Morgan fingerprint density at radius 3 is 3.00 bits per heavy atom. The van der Waals surface area contributed by atoms with Crippen LogP contribution in [0.25, 0.3) is 0 Å². The number of amides is 1. The second-order valence-corrected chi connectivity index (χ2v) is 5.10. The predicted molar refractivity (Wildman–Crippen MR) is 67.3 cm³/mol. The van der Waals surface area contributed by atoms with Crippen molar-refractivity contribution in [3.63, 3.8) is 0 Å². The van der Waals surface area contributed by atoms with E-state index in [1.807, 2.05) is 0 Å². The summed E-state index contributed by atoms with van der Waals surface area (Å²) in [5.41, 5.74) is 0.651. The lowest BCUT2D eigenvalue weighted by Crippen LogP contribution is -2.40. The van der Waals surface area contributed by atoms with Gasteiger partial charge in [0.1, 0.15) is 12.0 Å². The Bertz CT molecular complexity index is 456. The standard InChI is InChI=1S/C12H13BrF2N2O/c13-10-2-1-8(14)3-7(10)5-17-12(18)11-4-9(15)6-16-11/h1-3,9,11,16H,4-6H2,(H,17,18)/t9-,11+/m0/s1. The molecular weight excluding hydrogens is 306 g/mol. The molecule has 1 aromatic rings. The van der Waals surface area contributed by atoms with E-state index in [1.54, 1.807) is 6.07 Å². The molecule has 1 aliphatic heterocycles. The predicted octanol–water partition coefficient (Wildman–Crippen LogP) is 1.90. The van der Waals surface area contributed by atoms with Gasteiger partial charge in [-0.2, -0.15) is 0 Å². The van der Waals surface area contributed by atoms with E-state index in [0.717, 1.165) is 4.47 Å². The number of benzene rings is 1. The third kappa shape index (κ3) is 3.26. The van der Waals surface area contributed by atoms with Crippen molar-refractivity contribution in [2.45, 2.75) is 25.2 Å². The highest BCUT2D eigenvalue weighted by molar-refractivity contribution is 9.10. The molecule has 98 valence electrons. The average Bonchev–Trinajstić information content (AvgIpc) is 2.77. The highest BCUT2D eigenvalue weighted by Crippen LogP contribution is 2.18. The van der Waals surface area contributed by atoms with Crippen molar-refractivity contribution in [3.05, 3.63) is 34.1 Å². The molecule has 3 nitrogen and oxygen atoms in total. The number of nitrogens with one attached hydrogen (secondary N) is 2. The van der Waals surface area contributed by atoms with Crippen LogP contribution in [0.1, 0.15) is 12.0 Å². The van der Waals surface area contributed by atoms with Crippen LogP contribution in [0.5, 0.6) is 0 Å². The lowest BCUT2D eigenvalue weighted by molar-refractivity contribution is -0.123. The van der Waals surface area contributed by atoms with Gasteiger partial charge in [0.2, 0.25) is 5.91 Å². The maximum Gasteiger partial charge on any atom is 0.237 e. The van der Waals surface area contributed by atoms with Gasteiger partial charge in [-0.1, -0.05) is 15.9 Å². The van der Waals surface area contributed by atoms with Crippen molar-refractivity contribution in [2.75, 3.05) is 6.54 Å². The second-order valence-electron chi connectivity index (χ2n) is 4.25. The van der Waals surface area contributed by atoms with E-state index in [4.69, 9.17) is 0 Å². The van der Waals surface area contributed by atoms with Crippen molar-refractivity contribution in [1.82, 2.24) is 10.6 Å². The Morgan fingerprint density at radius 2 is 2.33 bits per heavy atom. The van der Waals surface area contributed by atoms with Crippen LogP contribution in [0.4, 0.5) is 8.78 Å². The van der Waals surface area contributed by atoms with E-state index in [0.29, 0.717) is 5.56 Å². The summed E-state index contributed by atoms with van der Waals surface area (Å²) in [6.07, 6.45) is -0.780.